The molecule has 200 valence electrons. The van der Waals surface area contributed by atoms with E-state index in [0.29, 0.717) is 30.3 Å². The quantitative estimate of drug-likeness (QED) is 0.204. The van der Waals surface area contributed by atoms with Gasteiger partial charge in [-0.15, -0.1) is 0 Å². The zero-order valence-electron chi connectivity index (χ0n) is 22.3. The molecule has 0 radical (unpaired) electrons. The van der Waals surface area contributed by atoms with Crippen molar-refractivity contribution in [3.63, 3.8) is 0 Å². The zero-order valence-corrected chi connectivity index (χ0v) is 22.3. The molecule has 2 aromatic rings. The van der Waals surface area contributed by atoms with Crippen LogP contribution in [0.15, 0.2) is 18.5 Å². The third-order valence-corrected chi connectivity index (χ3v) is 7.14. The van der Waals surface area contributed by atoms with Crippen LogP contribution in [-0.4, -0.2) is 29.8 Å². The molecule has 0 bridgehead atoms. The molecule has 0 fully saturated rings. The van der Waals surface area contributed by atoms with E-state index in [-0.39, 0.29) is 11.4 Å². The molecular formula is C30H44F2N2O2. The lowest BCUT2D eigenvalue weighted by Gasteiger charge is -2.26. The van der Waals surface area contributed by atoms with Gasteiger partial charge in [0.05, 0.1) is 24.6 Å². The van der Waals surface area contributed by atoms with Crippen molar-refractivity contribution in [3.05, 3.63) is 41.2 Å². The monoisotopic (exact) mass is 502 g/mol. The first kappa shape index (κ1) is 28.5. The standard InChI is InChI=1S/C30H44F2N2O2/c1-3-5-7-12-18-36-25-21-33-30(34-22-25)27-20-24-15-14-23(19-26(24)28(31)29(27)32)13-9-8-11-17-35-16-10-6-4-2/h20-23H,3-19H2,1-2H3. The normalized spacial score (nSPS) is 15.2. The highest BCUT2D eigenvalue weighted by Crippen LogP contribution is 2.35. The van der Waals surface area contributed by atoms with Crippen LogP contribution < -0.4 is 4.74 Å². The highest BCUT2D eigenvalue weighted by molar-refractivity contribution is 5.59. The number of hydrogen-bond donors (Lipinski definition) is 0. The van der Waals surface area contributed by atoms with E-state index >= 15 is 8.78 Å². The predicted molar refractivity (Wildman–Crippen MR) is 141 cm³/mol. The van der Waals surface area contributed by atoms with Gasteiger partial charge in [-0.2, -0.15) is 0 Å². The second kappa shape index (κ2) is 15.9. The molecule has 0 amide bonds. The Kier molecular flexibility index (Phi) is 12.6. The first-order valence-electron chi connectivity index (χ1n) is 14.2. The van der Waals surface area contributed by atoms with E-state index in [2.05, 4.69) is 23.8 Å². The van der Waals surface area contributed by atoms with Gasteiger partial charge in [-0.25, -0.2) is 18.7 Å². The van der Waals surface area contributed by atoms with Gasteiger partial charge in [0.1, 0.15) is 0 Å². The van der Waals surface area contributed by atoms with Crippen LogP contribution in [0.1, 0.15) is 102 Å². The number of rotatable bonds is 17. The van der Waals surface area contributed by atoms with Gasteiger partial charge in [-0.1, -0.05) is 65.2 Å². The van der Waals surface area contributed by atoms with Gasteiger partial charge in [-0.3, -0.25) is 0 Å². The Morgan fingerprint density at radius 2 is 1.50 bits per heavy atom. The molecular weight excluding hydrogens is 458 g/mol. The largest absolute Gasteiger partial charge is 0.490 e. The third-order valence-electron chi connectivity index (χ3n) is 7.14. The van der Waals surface area contributed by atoms with Crippen molar-refractivity contribution in [1.82, 2.24) is 9.97 Å². The molecule has 1 aliphatic rings. The fourth-order valence-corrected chi connectivity index (χ4v) is 4.94. The summed E-state index contributed by atoms with van der Waals surface area (Å²) >= 11 is 0. The molecule has 6 heteroatoms. The molecule has 36 heavy (non-hydrogen) atoms. The van der Waals surface area contributed by atoms with E-state index in [0.717, 1.165) is 76.6 Å². The first-order valence-corrected chi connectivity index (χ1v) is 14.2. The van der Waals surface area contributed by atoms with Gasteiger partial charge >= 0.3 is 0 Å². The molecule has 0 saturated heterocycles. The second-order valence-corrected chi connectivity index (χ2v) is 10.1. The van der Waals surface area contributed by atoms with E-state index in [4.69, 9.17) is 9.47 Å². The minimum Gasteiger partial charge on any atom is -0.490 e. The minimum atomic E-state index is -0.845. The molecule has 0 N–H and O–H groups in total. The number of halogens is 2. The number of ether oxygens (including phenoxy) is 2. The molecule has 3 rings (SSSR count). The van der Waals surface area contributed by atoms with Gasteiger partial charge in [0.15, 0.2) is 23.2 Å². The van der Waals surface area contributed by atoms with Crippen molar-refractivity contribution in [2.24, 2.45) is 5.92 Å². The summed E-state index contributed by atoms with van der Waals surface area (Å²) in [5.74, 6) is -0.408. The van der Waals surface area contributed by atoms with Gasteiger partial charge in [0.2, 0.25) is 0 Å². The zero-order chi connectivity index (χ0) is 25.6. The van der Waals surface area contributed by atoms with Crippen LogP contribution in [0.2, 0.25) is 0 Å². The Morgan fingerprint density at radius 1 is 0.833 bits per heavy atom. The van der Waals surface area contributed by atoms with E-state index < -0.39 is 11.6 Å². The lowest BCUT2D eigenvalue weighted by molar-refractivity contribution is 0.125. The molecule has 1 aromatic heterocycles. The van der Waals surface area contributed by atoms with Crippen LogP contribution in [-0.2, 0) is 17.6 Å². The molecule has 0 saturated carbocycles. The van der Waals surface area contributed by atoms with Crippen molar-refractivity contribution < 1.29 is 18.3 Å². The summed E-state index contributed by atoms with van der Waals surface area (Å²) in [7, 11) is 0. The van der Waals surface area contributed by atoms with Crippen molar-refractivity contribution >= 4 is 0 Å². The lowest BCUT2D eigenvalue weighted by Crippen LogP contribution is -2.17. The molecule has 1 unspecified atom stereocenters. The van der Waals surface area contributed by atoms with Crippen LogP contribution in [0.4, 0.5) is 8.78 Å². The maximum absolute atomic E-state index is 15.1. The van der Waals surface area contributed by atoms with Crippen LogP contribution in [0.3, 0.4) is 0 Å². The Morgan fingerprint density at radius 3 is 2.25 bits per heavy atom. The number of aryl methyl sites for hydroxylation is 1. The summed E-state index contributed by atoms with van der Waals surface area (Å²) in [4.78, 5) is 8.52. The average Bonchev–Trinajstić information content (AvgIpc) is 2.90. The fraction of sp³-hybridized carbons (Fsp3) is 0.667. The summed E-state index contributed by atoms with van der Waals surface area (Å²) in [6, 6.07) is 1.75. The topological polar surface area (TPSA) is 44.2 Å². The molecule has 0 aliphatic heterocycles. The Labute approximate surface area is 216 Å². The number of unbranched alkanes of at least 4 members (excludes halogenated alkanes) is 7. The summed E-state index contributed by atoms with van der Waals surface area (Å²) in [6.07, 6.45) is 17.9. The summed E-state index contributed by atoms with van der Waals surface area (Å²) in [5, 5.41) is 0. The maximum Gasteiger partial charge on any atom is 0.170 e. The SMILES string of the molecule is CCCCCCOc1cnc(-c2cc3c(c(F)c2F)CC(CCCCCOCCCCC)CC3)nc1. The van der Waals surface area contributed by atoms with E-state index in [1.807, 2.05) is 0 Å². The number of aromatic nitrogens is 2. The number of nitrogens with zero attached hydrogens (tertiary/aromatic N) is 2. The Hall–Kier alpha value is -2.08. The number of fused-ring (bicyclic) bond motifs is 1. The van der Waals surface area contributed by atoms with Gasteiger partial charge in [0.25, 0.3) is 0 Å². The van der Waals surface area contributed by atoms with E-state index in [9.17, 15) is 0 Å². The van der Waals surface area contributed by atoms with E-state index in [1.165, 1.54) is 25.7 Å². The number of benzene rings is 1. The van der Waals surface area contributed by atoms with Crippen molar-refractivity contribution in [2.75, 3.05) is 19.8 Å². The van der Waals surface area contributed by atoms with Crippen LogP contribution in [0, 0.1) is 17.6 Å². The van der Waals surface area contributed by atoms with Crippen molar-refractivity contribution in [3.8, 4) is 17.1 Å². The van der Waals surface area contributed by atoms with Crippen molar-refractivity contribution in [2.45, 2.75) is 104 Å². The minimum absolute atomic E-state index is 0.137. The second-order valence-electron chi connectivity index (χ2n) is 10.1. The Balaban J connectivity index is 1.48. The highest BCUT2D eigenvalue weighted by atomic mass is 19.2. The van der Waals surface area contributed by atoms with Crippen LogP contribution in [0.5, 0.6) is 5.75 Å². The fourth-order valence-electron chi connectivity index (χ4n) is 4.94. The summed E-state index contributed by atoms with van der Waals surface area (Å²) in [5.41, 5.74) is 1.57. The van der Waals surface area contributed by atoms with Crippen molar-refractivity contribution in [1.29, 1.82) is 0 Å². The van der Waals surface area contributed by atoms with Crippen LogP contribution in [0.25, 0.3) is 11.4 Å². The molecule has 1 heterocycles. The van der Waals surface area contributed by atoms with Gasteiger partial charge in [0, 0.05) is 13.2 Å². The first-order chi connectivity index (χ1) is 17.6. The van der Waals surface area contributed by atoms with Crippen LogP contribution >= 0.6 is 0 Å². The van der Waals surface area contributed by atoms with Gasteiger partial charge in [-0.05, 0) is 61.6 Å². The Bertz CT molecular complexity index is 905. The molecule has 1 atom stereocenters. The highest BCUT2D eigenvalue weighted by Gasteiger charge is 2.26. The summed E-state index contributed by atoms with van der Waals surface area (Å²) < 4.78 is 41.5. The smallest absolute Gasteiger partial charge is 0.170 e. The predicted octanol–water partition coefficient (Wildman–Crippen LogP) is 8.25. The molecule has 0 spiro atoms. The molecule has 1 aliphatic carbocycles. The maximum atomic E-state index is 15.1. The number of hydrogen-bond acceptors (Lipinski definition) is 4. The van der Waals surface area contributed by atoms with E-state index in [1.54, 1.807) is 18.5 Å². The molecule has 4 nitrogen and oxygen atoms in total. The summed E-state index contributed by atoms with van der Waals surface area (Å²) in [6.45, 7) is 6.67. The third kappa shape index (κ3) is 8.79. The lowest BCUT2D eigenvalue weighted by atomic mass is 9.80. The molecule has 1 aromatic carbocycles. The average molecular weight is 503 g/mol. The van der Waals surface area contributed by atoms with Gasteiger partial charge < -0.3 is 9.47 Å².